The topological polar surface area (TPSA) is 47.0 Å². The minimum atomic E-state index is 0.706. The summed E-state index contributed by atoms with van der Waals surface area (Å²) in [6.07, 6.45) is 6.15. The Hall–Kier alpha value is -2.10. The third kappa shape index (κ3) is 3.73. The summed E-state index contributed by atoms with van der Waals surface area (Å²) in [6, 6.07) is 7.96. The fourth-order valence-electron chi connectivity index (χ4n) is 1.54. The minimum Gasteiger partial charge on any atom is -0.494 e. The second-order valence-electron chi connectivity index (χ2n) is 3.98. The second-order valence-corrected chi connectivity index (χ2v) is 3.98. The molecule has 0 unspecified atom stereocenters. The molecule has 0 saturated carbocycles. The van der Waals surface area contributed by atoms with E-state index in [1.807, 2.05) is 24.3 Å². The number of benzene rings is 1. The largest absolute Gasteiger partial charge is 0.494 e. The maximum absolute atomic E-state index is 5.58. The van der Waals surface area contributed by atoms with Gasteiger partial charge in [-0.25, -0.2) is 9.97 Å². The molecule has 0 saturated heterocycles. The number of hydrogen-bond donors (Lipinski definition) is 1. The Morgan fingerprint density at radius 3 is 2.83 bits per heavy atom. The lowest BCUT2D eigenvalue weighted by Gasteiger charge is -2.09. The molecule has 0 aliphatic rings. The summed E-state index contributed by atoms with van der Waals surface area (Å²) in [6.45, 7) is 3.55. The van der Waals surface area contributed by atoms with Crippen molar-refractivity contribution in [2.45, 2.75) is 19.9 Å². The summed E-state index contributed by atoms with van der Waals surface area (Å²) in [5, 5.41) is 3.32. The average Bonchev–Trinajstić information content (AvgIpc) is 2.44. The fraction of sp³-hybridized carbons (Fsp3) is 0.286. The van der Waals surface area contributed by atoms with Gasteiger partial charge in [-0.2, -0.15) is 0 Å². The van der Waals surface area contributed by atoms with Crippen molar-refractivity contribution in [2.75, 3.05) is 11.9 Å². The Morgan fingerprint density at radius 1 is 1.22 bits per heavy atom. The predicted molar refractivity (Wildman–Crippen MR) is 71.6 cm³/mol. The summed E-state index contributed by atoms with van der Waals surface area (Å²) in [4.78, 5) is 7.96. The molecular formula is C14H17N3O. The van der Waals surface area contributed by atoms with Crippen LogP contribution in [-0.2, 0) is 6.54 Å². The molecule has 1 N–H and O–H groups in total. The van der Waals surface area contributed by atoms with Crippen LogP contribution >= 0.6 is 0 Å². The van der Waals surface area contributed by atoms with Crippen LogP contribution in [0.25, 0.3) is 0 Å². The lowest BCUT2D eigenvalue weighted by molar-refractivity contribution is 0.317. The summed E-state index contributed by atoms with van der Waals surface area (Å²) < 4.78 is 5.58. The van der Waals surface area contributed by atoms with Crippen LogP contribution in [0.4, 0.5) is 5.69 Å². The van der Waals surface area contributed by atoms with Gasteiger partial charge in [-0.15, -0.1) is 0 Å². The monoisotopic (exact) mass is 243 g/mol. The zero-order valence-corrected chi connectivity index (χ0v) is 10.5. The smallest absolute Gasteiger partial charge is 0.121 e. The highest BCUT2D eigenvalue weighted by atomic mass is 16.5. The van der Waals surface area contributed by atoms with Crippen LogP contribution in [-0.4, -0.2) is 16.6 Å². The van der Waals surface area contributed by atoms with Crippen molar-refractivity contribution in [1.29, 1.82) is 0 Å². The van der Waals surface area contributed by atoms with Gasteiger partial charge in [-0.3, -0.25) is 0 Å². The van der Waals surface area contributed by atoms with E-state index in [2.05, 4.69) is 22.2 Å². The molecule has 0 spiro atoms. The molecule has 1 aromatic carbocycles. The number of rotatable bonds is 6. The Bertz CT molecular complexity index is 473. The van der Waals surface area contributed by atoms with E-state index in [0.29, 0.717) is 6.54 Å². The quantitative estimate of drug-likeness (QED) is 0.847. The fourth-order valence-corrected chi connectivity index (χ4v) is 1.54. The third-order valence-corrected chi connectivity index (χ3v) is 2.42. The van der Waals surface area contributed by atoms with E-state index in [-0.39, 0.29) is 0 Å². The van der Waals surface area contributed by atoms with Crippen LogP contribution in [0.5, 0.6) is 5.75 Å². The first-order valence-electron chi connectivity index (χ1n) is 6.09. The number of ether oxygens (including phenoxy) is 1. The van der Waals surface area contributed by atoms with Gasteiger partial charge in [0.25, 0.3) is 0 Å². The maximum Gasteiger partial charge on any atom is 0.121 e. The highest BCUT2D eigenvalue weighted by molar-refractivity contribution is 5.48. The zero-order valence-electron chi connectivity index (χ0n) is 10.5. The van der Waals surface area contributed by atoms with Crippen molar-refractivity contribution in [1.82, 2.24) is 9.97 Å². The van der Waals surface area contributed by atoms with Crippen LogP contribution in [0.15, 0.2) is 43.0 Å². The molecule has 0 amide bonds. The molecule has 2 aromatic rings. The summed E-state index contributed by atoms with van der Waals surface area (Å²) >= 11 is 0. The van der Waals surface area contributed by atoms with Gasteiger partial charge in [0.05, 0.1) is 6.61 Å². The predicted octanol–water partition coefficient (Wildman–Crippen LogP) is 2.88. The van der Waals surface area contributed by atoms with Crippen LogP contribution in [0, 0.1) is 0 Å². The van der Waals surface area contributed by atoms with Gasteiger partial charge in [0.1, 0.15) is 12.1 Å². The molecule has 0 radical (unpaired) electrons. The lowest BCUT2D eigenvalue weighted by atomic mass is 10.2. The number of nitrogens with zero attached hydrogens (tertiary/aromatic N) is 2. The maximum atomic E-state index is 5.58. The van der Waals surface area contributed by atoms with E-state index in [4.69, 9.17) is 4.74 Å². The van der Waals surface area contributed by atoms with E-state index in [1.165, 1.54) is 6.33 Å². The lowest BCUT2D eigenvalue weighted by Crippen LogP contribution is -2.01. The van der Waals surface area contributed by atoms with Crippen molar-refractivity contribution in [3.05, 3.63) is 48.5 Å². The molecule has 1 aromatic heterocycles. The van der Waals surface area contributed by atoms with E-state index < -0.39 is 0 Å². The van der Waals surface area contributed by atoms with Crippen LogP contribution in [0.3, 0.4) is 0 Å². The van der Waals surface area contributed by atoms with Crippen LogP contribution in [0.2, 0.25) is 0 Å². The SMILES string of the molecule is CCCOc1cccc(NCc2cncnc2)c1. The van der Waals surface area contributed by atoms with E-state index in [9.17, 15) is 0 Å². The third-order valence-electron chi connectivity index (χ3n) is 2.42. The van der Waals surface area contributed by atoms with Gasteiger partial charge in [-0.1, -0.05) is 13.0 Å². The number of aromatic nitrogens is 2. The van der Waals surface area contributed by atoms with Crippen LogP contribution in [0.1, 0.15) is 18.9 Å². The van der Waals surface area contributed by atoms with Crippen LogP contribution < -0.4 is 10.1 Å². The standard InChI is InChI=1S/C14H17N3O/c1-2-6-18-14-5-3-4-13(7-14)17-10-12-8-15-11-16-9-12/h3-5,7-9,11,17H,2,6,10H2,1H3. The number of nitrogens with one attached hydrogen (secondary N) is 1. The van der Waals surface area contributed by atoms with Crippen molar-refractivity contribution in [3.63, 3.8) is 0 Å². The molecule has 1 heterocycles. The van der Waals surface area contributed by atoms with Crippen molar-refractivity contribution in [2.24, 2.45) is 0 Å². The van der Waals surface area contributed by atoms with Gasteiger partial charge in [0, 0.05) is 36.3 Å². The van der Waals surface area contributed by atoms with Gasteiger partial charge in [0.2, 0.25) is 0 Å². The van der Waals surface area contributed by atoms with Gasteiger partial charge in [0.15, 0.2) is 0 Å². The highest BCUT2D eigenvalue weighted by Crippen LogP contribution is 2.18. The van der Waals surface area contributed by atoms with Gasteiger partial charge in [-0.05, 0) is 18.6 Å². The summed E-state index contributed by atoms with van der Waals surface area (Å²) in [5.41, 5.74) is 2.09. The van der Waals surface area contributed by atoms with Crippen molar-refractivity contribution in [3.8, 4) is 5.75 Å². The second kappa shape index (κ2) is 6.59. The first-order chi connectivity index (χ1) is 8.88. The Balaban J connectivity index is 1.93. The Labute approximate surface area is 107 Å². The molecule has 0 aliphatic carbocycles. The molecule has 0 aliphatic heterocycles. The normalized spacial score (nSPS) is 10.1. The Morgan fingerprint density at radius 2 is 2.06 bits per heavy atom. The zero-order chi connectivity index (χ0) is 12.6. The summed E-state index contributed by atoms with van der Waals surface area (Å²) in [5.74, 6) is 0.895. The van der Waals surface area contributed by atoms with E-state index in [1.54, 1.807) is 12.4 Å². The molecule has 0 atom stereocenters. The molecule has 94 valence electrons. The molecular weight excluding hydrogens is 226 g/mol. The first-order valence-corrected chi connectivity index (χ1v) is 6.09. The first kappa shape index (κ1) is 12.4. The molecule has 18 heavy (non-hydrogen) atoms. The summed E-state index contributed by atoms with van der Waals surface area (Å²) in [7, 11) is 0. The molecule has 2 rings (SSSR count). The molecule has 0 bridgehead atoms. The van der Waals surface area contributed by atoms with Gasteiger partial charge >= 0.3 is 0 Å². The number of hydrogen-bond acceptors (Lipinski definition) is 4. The highest BCUT2D eigenvalue weighted by Gasteiger charge is 1.97. The van der Waals surface area contributed by atoms with Gasteiger partial charge < -0.3 is 10.1 Å². The van der Waals surface area contributed by atoms with E-state index >= 15 is 0 Å². The molecule has 4 nitrogen and oxygen atoms in total. The average molecular weight is 243 g/mol. The molecule has 0 fully saturated rings. The van der Waals surface area contributed by atoms with E-state index in [0.717, 1.165) is 30.0 Å². The van der Waals surface area contributed by atoms with Crippen molar-refractivity contribution >= 4 is 5.69 Å². The Kier molecular flexibility index (Phi) is 4.53. The number of anilines is 1. The van der Waals surface area contributed by atoms with Crippen molar-refractivity contribution < 1.29 is 4.74 Å². The minimum absolute atomic E-state index is 0.706. The molecule has 4 heteroatoms.